The van der Waals surface area contributed by atoms with Crippen molar-refractivity contribution in [1.29, 1.82) is 0 Å². The minimum Gasteiger partial charge on any atom is -0.469 e. The van der Waals surface area contributed by atoms with Gasteiger partial charge in [0.05, 0.1) is 16.1 Å². The molecule has 0 atom stereocenters. The Hall–Kier alpha value is -3.19. The van der Waals surface area contributed by atoms with Gasteiger partial charge in [-0.05, 0) is 36.4 Å². The molecule has 1 amide bonds. The standard InChI is InChI=1S/C21H15NO5S/c23-20-15-3-1-2-4-18(15)28(25,26)19-11-13(5-6-16(19)20)21(24)22-9-7-17-14(12-22)8-10-27-17/h1-6,8,10-11H,7,9,12H2. The number of hydrogen-bond donors (Lipinski definition) is 0. The van der Waals surface area contributed by atoms with Crippen molar-refractivity contribution in [1.82, 2.24) is 4.90 Å². The molecule has 3 heterocycles. The Balaban J connectivity index is 1.56. The summed E-state index contributed by atoms with van der Waals surface area (Å²) in [6.07, 6.45) is 2.22. The van der Waals surface area contributed by atoms with Gasteiger partial charge in [-0.1, -0.05) is 12.1 Å². The van der Waals surface area contributed by atoms with Crippen molar-refractivity contribution in [2.24, 2.45) is 0 Å². The zero-order valence-electron chi connectivity index (χ0n) is 14.7. The van der Waals surface area contributed by atoms with Crippen LogP contribution in [0.2, 0.25) is 0 Å². The second kappa shape index (κ2) is 5.90. The van der Waals surface area contributed by atoms with E-state index in [-0.39, 0.29) is 38.2 Å². The maximum atomic E-state index is 13.0. The summed E-state index contributed by atoms with van der Waals surface area (Å²) >= 11 is 0. The Morgan fingerprint density at radius 3 is 2.64 bits per heavy atom. The Morgan fingerprint density at radius 1 is 1.00 bits per heavy atom. The number of furan rings is 1. The summed E-state index contributed by atoms with van der Waals surface area (Å²) in [4.78, 5) is 27.2. The molecule has 2 aliphatic rings. The molecule has 5 rings (SSSR count). The third-order valence-electron chi connectivity index (χ3n) is 5.28. The van der Waals surface area contributed by atoms with Crippen LogP contribution in [0, 0.1) is 0 Å². The molecular weight excluding hydrogens is 378 g/mol. The molecule has 2 aromatic carbocycles. The van der Waals surface area contributed by atoms with Crippen molar-refractivity contribution in [3.05, 3.63) is 82.8 Å². The van der Waals surface area contributed by atoms with E-state index in [0.29, 0.717) is 19.5 Å². The first-order chi connectivity index (χ1) is 13.5. The lowest BCUT2D eigenvalue weighted by molar-refractivity contribution is 0.0729. The highest BCUT2D eigenvalue weighted by atomic mass is 32.2. The van der Waals surface area contributed by atoms with Crippen molar-refractivity contribution in [2.45, 2.75) is 22.8 Å². The molecule has 6 nitrogen and oxygen atoms in total. The molecule has 0 saturated heterocycles. The maximum absolute atomic E-state index is 13.0. The molecule has 2 aliphatic heterocycles. The van der Waals surface area contributed by atoms with E-state index in [4.69, 9.17) is 4.42 Å². The Kier molecular flexibility index (Phi) is 3.57. The molecular formula is C21H15NO5S. The number of benzene rings is 2. The van der Waals surface area contributed by atoms with Crippen molar-refractivity contribution >= 4 is 21.5 Å². The Bertz CT molecular complexity index is 1260. The summed E-state index contributed by atoms with van der Waals surface area (Å²) in [5.74, 6) is 0.260. The van der Waals surface area contributed by atoms with E-state index >= 15 is 0 Å². The van der Waals surface area contributed by atoms with Gasteiger partial charge in [-0.3, -0.25) is 9.59 Å². The van der Waals surface area contributed by atoms with Crippen LogP contribution in [0.25, 0.3) is 0 Å². The topological polar surface area (TPSA) is 84.7 Å². The average Bonchev–Trinajstić information content (AvgIpc) is 3.19. The highest BCUT2D eigenvalue weighted by Crippen LogP contribution is 2.35. The van der Waals surface area contributed by atoms with Crippen molar-refractivity contribution in [2.75, 3.05) is 6.54 Å². The number of carbonyl (C=O) groups is 2. The van der Waals surface area contributed by atoms with Crippen LogP contribution in [-0.2, 0) is 22.8 Å². The van der Waals surface area contributed by atoms with Crippen LogP contribution in [0.15, 0.2) is 69.0 Å². The smallest absolute Gasteiger partial charge is 0.254 e. The van der Waals surface area contributed by atoms with E-state index in [1.807, 2.05) is 6.07 Å². The van der Waals surface area contributed by atoms with Crippen LogP contribution >= 0.6 is 0 Å². The van der Waals surface area contributed by atoms with E-state index in [1.54, 1.807) is 23.3 Å². The number of hydrogen-bond acceptors (Lipinski definition) is 5. The van der Waals surface area contributed by atoms with Crippen LogP contribution in [0.4, 0.5) is 0 Å². The first kappa shape index (κ1) is 16.9. The molecule has 0 unspecified atom stereocenters. The van der Waals surface area contributed by atoms with Gasteiger partial charge in [0.1, 0.15) is 5.76 Å². The number of nitrogens with zero attached hydrogens (tertiary/aromatic N) is 1. The molecule has 1 aromatic heterocycles. The van der Waals surface area contributed by atoms with Crippen molar-refractivity contribution < 1.29 is 22.4 Å². The monoisotopic (exact) mass is 393 g/mol. The number of ketones is 1. The van der Waals surface area contributed by atoms with Crippen LogP contribution < -0.4 is 0 Å². The summed E-state index contributed by atoms with van der Waals surface area (Å²) < 4.78 is 31.4. The fourth-order valence-electron chi connectivity index (χ4n) is 3.82. The van der Waals surface area contributed by atoms with E-state index in [2.05, 4.69) is 0 Å². The summed E-state index contributed by atoms with van der Waals surface area (Å²) in [6.45, 7) is 0.904. The van der Waals surface area contributed by atoms with E-state index in [9.17, 15) is 18.0 Å². The summed E-state index contributed by atoms with van der Waals surface area (Å²) in [5, 5.41) is 0. The molecule has 3 aromatic rings. The Labute approximate surface area is 161 Å². The fourth-order valence-corrected chi connectivity index (χ4v) is 5.50. The predicted molar refractivity (Wildman–Crippen MR) is 98.9 cm³/mol. The molecule has 0 radical (unpaired) electrons. The third-order valence-corrected chi connectivity index (χ3v) is 7.13. The van der Waals surface area contributed by atoms with Gasteiger partial charge in [0, 0.05) is 41.8 Å². The number of sulfone groups is 1. The highest BCUT2D eigenvalue weighted by Gasteiger charge is 2.35. The number of rotatable bonds is 1. The van der Waals surface area contributed by atoms with Gasteiger partial charge in [-0.25, -0.2) is 8.42 Å². The first-order valence-corrected chi connectivity index (χ1v) is 10.3. The normalized spacial score (nSPS) is 16.9. The minimum absolute atomic E-state index is 0.0156. The number of carbonyl (C=O) groups excluding carboxylic acids is 2. The van der Waals surface area contributed by atoms with Crippen LogP contribution in [0.3, 0.4) is 0 Å². The zero-order chi connectivity index (χ0) is 19.5. The maximum Gasteiger partial charge on any atom is 0.254 e. The molecule has 28 heavy (non-hydrogen) atoms. The third kappa shape index (κ3) is 2.36. The van der Waals surface area contributed by atoms with E-state index < -0.39 is 9.84 Å². The molecule has 0 spiro atoms. The molecule has 0 aliphatic carbocycles. The molecule has 0 bridgehead atoms. The highest BCUT2D eigenvalue weighted by molar-refractivity contribution is 7.91. The first-order valence-electron chi connectivity index (χ1n) is 8.84. The Morgan fingerprint density at radius 2 is 1.79 bits per heavy atom. The van der Waals surface area contributed by atoms with Gasteiger partial charge >= 0.3 is 0 Å². The molecule has 0 N–H and O–H groups in total. The zero-order valence-corrected chi connectivity index (χ0v) is 15.5. The van der Waals surface area contributed by atoms with E-state index in [0.717, 1.165) is 11.3 Å². The average molecular weight is 393 g/mol. The number of amides is 1. The molecule has 0 saturated carbocycles. The van der Waals surface area contributed by atoms with Crippen molar-refractivity contribution in [3.63, 3.8) is 0 Å². The van der Waals surface area contributed by atoms with Gasteiger partial charge in [-0.2, -0.15) is 0 Å². The van der Waals surface area contributed by atoms with Crippen LogP contribution in [0.1, 0.15) is 37.6 Å². The second-order valence-electron chi connectivity index (χ2n) is 6.89. The van der Waals surface area contributed by atoms with Gasteiger partial charge in [-0.15, -0.1) is 0 Å². The lowest BCUT2D eigenvalue weighted by Crippen LogP contribution is -2.35. The van der Waals surface area contributed by atoms with Gasteiger partial charge in [0.2, 0.25) is 9.84 Å². The lowest BCUT2D eigenvalue weighted by Gasteiger charge is -2.27. The summed E-state index contributed by atoms with van der Waals surface area (Å²) in [6, 6.07) is 12.3. The van der Waals surface area contributed by atoms with Gasteiger partial charge in [0.25, 0.3) is 5.91 Å². The summed E-state index contributed by atoms with van der Waals surface area (Å²) in [7, 11) is -3.87. The van der Waals surface area contributed by atoms with Gasteiger partial charge in [0.15, 0.2) is 5.78 Å². The number of fused-ring (bicyclic) bond motifs is 3. The minimum atomic E-state index is -3.87. The SMILES string of the molecule is O=C1c2ccccc2S(=O)(=O)c2cc(C(=O)N3CCc4occc4C3)ccc21. The second-order valence-corrected chi connectivity index (χ2v) is 8.77. The van der Waals surface area contributed by atoms with Crippen LogP contribution in [-0.4, -0.2) is 31.6 Å². The van der Waals surface area contributed by atoms with Crippen molar-refractivity contribution in [3.8, 4) is 0 Å². The molecule has 140 valence electrons. The largest absolute Gasteiger partial charge is 0.469 e. The fraction of sp³-hybridized carbons (Fsp3) is 0.143. The molecule has 0 fully saturated rings. The lowest BCUT2D eigenvalue weighted by atomic mass is 10.0. The van der Waals surface area contributed by atoms with Gasteiger partial charge < -0.3 is 9.32 Å². The quantitative estimate of drug-likeness (QED) is 0.496. The summed E-state index contributed by atoms with van der Waals surface area (Å²) in [5.41, 5.74) is 1.47. The molecule has 7 heteroatoms. The van der Waals surface area contributed by atoms with E-state index in [1.165, 1.54) is 30.3 Å². The van der Waals surface area contributed by atoms with Crippen LogP contribution in [0.5, 0.6) is 0 Å². The predicted octanol–water partition coefficient (Wildman–Crippen LogP) is 2.86.